The Morgan fingerprint density at radius 3 is 2.50 bits per heavy atom. The third-order valence-electron chi connectivity index (χ3n) is 3.87. The van der Waals surface area contributed by atoms with Crippen molar-refractivity contribution in [1.29, 1.82) is 0 Å². The fraction of sp³-hybridized carbons (Fsp3) is 0.158. The van der Waals surface area contributed by atoms with Crippen molar-refractivity contribution in [2.75, 3.05) is 18.6 Å². The topological polar surface area (TPSA) is 62.4 Å². The van der Waals surface area contributed by atoms with Crippen molar-refractivity contribution in [2.45, 2.75) is 6.92 Å². The van der Waals surface area contributed by atoms with Gasteiger partial charge in [0.1, 0.15) is 5.75 Å². The van der Waals surface area contributed by atoms with Crippen LogP contribution in [-0.4, -0.2) is 24.5 Å². The van der Waals surface area contributed by atoms with Crippen LogP contribution in [0.4, 0.5) is 5.69 Å². The van der Waals surface area contributed by atoms with Gasteiger partial charge in [-0.05, 0) is 25.1 Å². The molecule has 1 N–H and O–H groups in total. The second kappa shape index (κ2) is 6.58. The van der Waals surface area contributed by atoms with E-state index in [1.807, 2.05) is 37.3 Å². The minimum atomic E-state index is -0.213. The fourth-order valence-corrected chi connectivity index (χ4v) is 2.69. The number of hydrogen-bond donors (Lipinski definition) is 1. The van der Waals surface area contributed by atoms with Crippen LogP contribution in [0, 0.1) is 0 Å². The first kappa shape index (κ1) is 15.8. The number of hydrogen-bond acceptors (Lipinski definition) is 3. The summed E-state index contributed by atoms with van der Waals surface area (Å²) in [4.78, 5) is 29.1. The van der Waals surface area contributed by atoms with Crippen molar-refractivity contribution in [3.63, 3.8) is 0 Å². The largest absolute Gasteiger partial charge is 0.492 e. The minimum absolute atomic E-state index is 0.209. The van der Waals surface area contributed by atoms with E-state index in [4.69, 9.17) is 4.74 Å². The summed E-state index contributed by atoms with van der Waals surface area (Å²) in [6, 6.07) is 14.4. The third kappa shape index (κ3) is 2.76. The number of carbonyl (C=O) groups is 1. The molecular weight excluding hydrogens is 304 g/mol. The highest BCUT2D eigenvalue weighted by Gasteiger charge is 2.19. The van der Waals surface area contributed by atoms with E-state index in [-0.39, 0.29) is 11.5 Å². The zero-order valence-corrected chi connectivity index (χ0v) is 13.6. The molecule has 0 saturated carbocycles. The van der Waals surface area contributed by atoms with Gasteiger partial charge in [0.15, 0.2) is 0 Å². The number of para-hydroxylation sites is 2. The number of benzene rings is 2. The molecule has 5 heteroatoms. The normalized spacial score (nSPS) is 10.6. The van der Waals surface area contributed by atoms with Crippen LogP contribution < -0.4 is 15.2 Å². The number of H-pyrrole nitrogens is 1. The number of aromatic nitrogens is 1. The lowest BCUT2D eigenvalue weighted by Gasteiger charge is -2.21. The summed E-state index contributed by atoms with van der Waals surface area (Å²) in [6.45, 7) is 2.41. The molecule has 0 aliphatic rings. The Morgan fingerprint density at radius 1 is 1.08 bits per heavy atom. The van der Waals surface area contributed by atoms with Crippen molar-refractivity contribution < 1.29 is 9.53 Å². The molecule has 5 nitrogen and oxygen atoms in total. The standard InChI is InChI=1S/C19H18N2O3/c1-3-24-17-11-7-6-10-16(17)21(2)19(23)15-12-20-18(22)14-9-5-4-8-13(14)15/h4-12H,3H2,1-2H3,(H,20,22). The van der Waals surface area contributed by atoms with Crippen molar-refractivity contribution in [3.05, 3.63) is 70.6 Å². The number of amides is 1. The molecule has 0 bridgehead atoms. The fourth-order valence-electron chi connectivity index (χ4n) is 2.69. The van der Waals surface area contributed by atoms with Gasteiger partial charge in [-0.3, -0.25) is 9.59 Å². The number of nitrogens with zero attached hydrogens (tertiary/aromatic N) is 1. The van der Waals surface area contributed by atoms with E-state index >= 15 is 0 Å². The summed E-state index contributed by atoms with van der Waals surface area (Å²) < 4.78 is 5.60. The molecule has 0 aliphatic heterocycles. The predicted octanol–water partition coefficient (Wildman–Crippen LogP) is 3.20. The molecule has 0 radical (unpaired) electrons. The quantitative estimate of drug-likeness (QED) is 0.802. The average molecular weight is 322 g/mol. The van der Waals surface area contributed by atoms with Gasteiger partial charge in [0.2, 0.25) is 0 Å². The number of pyridine rings is 1. The van der Waals surface area contributed by atoms with Crippen LogP contribution in [0.2, 0.25) is 0 Å². The average Bonchev–Trinajstić information content (AvgIpc) is 2.62. The Morgan fingerprint density at radius 2 is 1.75 bits per heavy atom. The Kier molecular flexibility index (Phi) is 4.33. The van der Waals surface area contributed by atoms with Gasteiger partial charge in [-0.2, -0.15) is 0 Å². The Hall–Kier alpha value is -3.08. The van der Waals surface area contributed by atoms with Crippen LogP contribution in [0.5, 0.6) is 5.75 Å². The van der Waals surface area contributed by atoms with Crippen molar-refractivity contribution in [3.8, 4) is 5.75 Å². The van der Waals surface area contributed by atoms with Gasteiger partial charge in [0, 0.05) is 24.0 Å². The summed E-state index contributed by atoms with van der Waals surface area (Å²) in [6.07, 6.45) is 1.47. The number of ether oxygens (including phenoxy) is 1. The summed E-state index contributed by atoms with van der Waals surface area (Å²) in [5, 5.41) is 1.13. The molecule has 0 spiro atoms. The molecule has 1 heterocycles. The van der Waals surface area contributed by atoms with Gasteiger partial charge in [0.05, 0.1) is 17.9 Å². The first-order chi connectivity index (χ1) is 11.6. The number of rotatable bonds is 4. The first-order valence-corrected chi connectivity index (χ1v) is 7.73. The first-order valence-electron chi connectivity index (χ1n) is 7.73. The lowest BCUT2D eigenvalue weighted by Crippen LogP contribution is -2.28. The van der Waals surface area contributed by atoms with Crippen LogP contribution in [0.25, 0.3) is 10.8 Å². The molecule has 0 atom stereocenters. The van der Waals surface area contributed by atoms with E-state index in [0.717, 1.165) is 0 Å². The summed E-state index contributed by atoms with van der Waals surface area (Å²) in [7, 11) is 1.69. The summed E-state index contributed by atoms with van der Waals surface area (Å²) in [5.41, 5.74) is 0.915. The van der Waals surface area contributed by atoms with Gasteiger partial charge < -0.3 is 14.6 Å². The molecule has 3 rings (SSSR count). The highest BCUT2D eigenvalue weighted by Crippen LogP contribution is 2.29. The van der Waals surface area contributed by atoms with Crippen LogP contribution in [0.15, 0.2) is 59.5 Å². The number of anilines is 1. The van der Waals surface area contributed by atoms with Gasteiger partial charge in [0.25, 0.3) is 11.5 Å². The maximum absolute atomic E-state index is 13.0. The second-order valence-corrected chi connectivity index (χ2v) is 5.34. The van der Waals surface area contributed by atoms with Gasteiger partial charge in [-0.15, -0.1) is 0 Å². The van der Waals surface area contributed by atoms with Crippen LogP contribution in [0.3, 0.4) is 0 Å². The van der Waals surface area contributed by atoms with E-state index in [1.165, 1.54) is 11.1 Å². The molecule has 1 amide bonds. The molecule has 0 aliphatic carbocycles. The Bertz CT molecular complexity index is 946. The maximum Gasteiger partial charge on any atom is 0.260 e. The molecule has 2 aromatic carbocycles. The zero-order valence-electron chi connectivity index (χ0n) is 13.6. The van der Waals surface area contributed by atoms with E-state index in [0.29, 0.717) is 34.4 Å². The molecule has 3 aromatic rings. The number of aromatic amines is 1. The van der Waals surface area contributed by atoms with Crippen molar-refractivity contribution >= 4 is 22.4 Å². The maximum atomic E-state index is 13.0. The lowest BCUT2D eigenvalue weighted by atomic mass is 10.1. The van der Waals surface area contributed by atoms with Crippen LogP contribution >= 0.6 is 0 Å². The molecule has 0 fully saturated rings. The monoisotopic (exact) mass is 322 g/mol. The van der Waals surface area contributed by atoms with E-state index in [2.05, 4.69) is 4.98 Å². The van der Waals surface area contributed by atoms with Crippen molar-refractivity contribution in [2.24, 2.45) is 0 Å². The Balaban J connectivity index is 2.07. The van der Waals surface area contributed by atoms with Crippen LogP contribution in [0.1, 0.15) is 17.3 Å². The number of nitrogens with one attached hydrogen (secondary N) is 1. The predicted molar refractivity (Wildman–Crippen MR) is 94.9 cm³/mol. The van der Waals surface area contributed by atoms with Gasteiger partial charge in [-0.1, -0.05) is 30.3 Å². The Labute approximate surface area is 139 Å². The summed E-state index contributed by atoms with van der Waals surface area (Å²) >= 11 is 0. The molecular formula is C19H18N2O3. The van der Waals surface area contributed by atoms with E-state index in [1.54, 1.807) is 25.2 Å². The molecule has 24 heavy (non-hydrogen) atoms. The molecule has 0 saturated heterocycles. The van der Waals surface area contributed by atoms with Crippen molar-refractivity contribution in [1.82, 2.24) is 4.98 Å². The number of fused-ring (bicyclic) bond motifs is 1. The number of carbonyl (C=O) groups excluding carboxylic acids is 1. The molecule has 1 aromatic heterocycles. The highest BCUT2D eigenvalue weighted by molar-refractivity contribution is 6.13. The zero-order chi connectivity index (χ0) is 17.1. The van der Waals surface area contributed by atoms with E-state index < -0.39 is 0 Å². The smallest absolute Gasteiger partial charge is 0.260 e. The van der Waals surface area contributed by atoms with Gasteiger partial charge >= 0.3 is 0 Å². The van der Waals surface area contributed by atoms with E-state index in [9.17, 15) is 9.59 Å². The second-order valence-electron chi connectivity index (χ2n) is 5.34. The SMILES string of the molecule is CCOc1ccccc1N(C)C(=O)c1c[nH]c(=O)c2ccccc12. The lowest BCUT2D eigenvalue weighted by molar-refractivity contribution is 0.0993. The summed E-state index contributed by atoms with van der Waals surface area (Å²) in [5.74, 6) is 0.430. The third-order valence-corrected chi connectivity index (χ3v) is 3.87. The van der Waals surface area contributed by atoms with Gasteiger partial charge in [-0.25, -0.2) is 0 Å². The molecule has 0 unspecified atom stereocenters. The minimum Gasteiger partial charge on any atom is -0.492 e. The van der Waals surface area contributed by atoms with Crippen LogP contribution in [-0.2, 0) is 0 Å². The molecule has 122 valence electrons. The highest BCUT2D eigenvalue weighted by atomic mass is 16.5.